The minimum absolute atomic E-state index is 0.156. The molecule has 2 N–H and O–H groups in total. The van der Waals surface area contributed by atoms with E-state index in [1.807, 2.05) is 30.3 Å². The van der Waals surface area contributed by atoms with E-state index in [9.17, 15) is 9.59 Å². The van der Waals surface area contributed by atoms with Crippen LogP contribution in [0.4, 0.5) is 5.69 Å². The third-order valence-electron chi connectivity index (χ3n) is 3.25. The SMILES string of the molecule is COCCCNC(=O)c1ccc(C(=O)Nc2ccccc2)cc1. The first-order valence-corrected chi connectivity index (χ1v) is 7.44. The lowest BCUT2D eigenvalue weighted by molar-refractivity contribution is 0.0947. The van der Waals surface area contributed by atoms with Crippen molar-refractivity contribution in [1.82, 2.24) is 5.32 Å². The van der Waals surface area contributed by atoms with Crippen molar-refractivity contribution in [2.75, 3.05) is 25.6 Å². The lowest BCUT2D eigenvalue weighted by Gasteiger charge is -2.07. The molecule has 0 aliphatic heterocycles. The van der Waals surface area contributed by atoms with Crippen molar-refractivity contribution in [3.63, 3.8) is 0 Å². The number of carbonyl (C=O) groups is 2. The predicted octanol–water partition coefficient (Wildman–Crippen LogP) is 2.71. The predicted molar refractivity (Wildman–Crippen MR) is 89.7 cm³/mol. The van der Waals surface area contributed by atoms with Gasteiger partial charge in [-0.25, -0.2) is 0 Å². The molecule has 0 bridgehead atoms. The van der Waals surface area contributed by atoms with Crippen molar-refractivity contribution in [1.29, 1.82) is 0 Å². The molecule has 0 aromatic heterocycles. The number of anilines is 1. The highest BCUT2D eigenvalue weighted by atomic mass is 16.5. The second-order valence-electron chi connectivity index (χ2n) is 5.00. The van der Waals surface area contributed by atoms with Crippen molar-refractivity contribution in [3.8, 4) is 0 Å². The van der Waals surface area contributed by atoms with Gasteiger partial charge in [0.1, 0.15) is 0 Å². The number of methoxy groups -OCH3 is 1. The first-order valence-electron chi connectivity index (χ1n) is 7.44. The van der Waals surface area contributed by atoms with Crippen LogP contribution in [0, 0.1) is 0 Å². The average Bonchev–Trinajstić information content (AvgIpc) is 2.59. The van der Waals surface area contributed by atoms with Gasteiger partial charge < -0.3 is 15.4 Å². The molecular weight excluding hydrogens is 292 g/mol. The lowest BCUT2D eigenvalue weighted by Crippen LogP contribution is -2.25. The van der Waals surface area contributed by atoms with Crippen LogP contribution in [0.3, 0.4) is 0 Å². The van der Waals surface area contributed by atoms with Gasteiger partial charge in [0.2, 0.25) is 0 Å². The Morgan fingerprint density at radius 3 is 2.13 bits per heavy atom. The summed E-state index contributed by atoms with van der Waals surface area (Å²) in [4.78, 5) is 24.0. The summed E-state index contributed by atoms with van der Waals surface area (Å²) in [5, 5.41) is 5.60. The molecule has 0 spiro atoms. The Balaban J connectivity index is 1.91. The molecule has 2 rings (SSSR count). The monoisotopic (exact) mass is 312 g/mol. The zero-order valence-corrected chi connectivity index (χ0v) is 13.0. The van der Waals surface area contributed by atoms with Crippen molar-refractivity contribution in [2.24, 2.45) is 0 Å². The topological polar surface area (TPSA) is 67.4 Å². The molecule has 0 saturated heterocycles. The molecule has 0 radical (unpaired) electrons. The van der Waals surface area contributed by atoms with Gasteiger partial charge in [-0.1, -0.05) is 18.2 Å². The van der Waals surface area contributed by atoms with Crippen molar-refractivity contribution < 1.29 is 14.3 Å². The van der Waals surface area contributed by atoms with Gasteiger partial charge in [0.15, 0.2) is 0 Å². The molecule has 5 heteroatoms. The fourth-order valence-electron chi connectivity index (χ4n) is 2.02. The minimum atomic E-state index is -0.205. The van der Waals surface area contributed by atoms with Crippen LogP contribution < -0.4 is 10.6 Å². The summed E-state index contributed by atoms with van der Waals surface area (Å²) >= 11 is 0. The summed E-state index contributed by atoms with van der Waals surface area (Å²) in [6.45, 7) is 1.17. The van der Waals surface area contributed by atoms with E-state index in [0.29, 0.717) is 24.3 Å². The van der Waals surface area contributed by atoms with Crippen molar-refractivity contribution in [3.05, 3.63) is 65.7 Å². The Morgan fingerprint density at radius 2 is 1.52 bits per heavy atom. The maximum atomic E-state index is 12.1. The molecule has 120 valence electrons. The summed E-state index contributed by atoms with van der Waals surface area (Å²) in [6, 6.07) is 15.8. The van der Waals surface area contributed by atoms with E-state index in [4.69, 9.17) is 4.74 Å². The zero-order valence-electron chi connectivity index (χ0n) is 13.0. The van der Waals surface area contributed by atoms with E-state index < -0.39 is 0 Å². The summed E-state index contributed by atoms with van der Waals surface area (Å²) in [7, 11) is 1.63. The highest BCUT2D eigenvalue weighted by molar-refractivity contribution is 6.05. The fourth-order valence-corrected chi connectivity index (χ4v) is 2.02. The Morgan fingerprint density at radius 1 is 0.913 bits per heavy atom. The Bertz CT molecular complexity index is 639. The van der Waals surface area contributed by atoms with Crippen LogP contribution in [0.15, 0.2) is 54.6 Å². The molecule has 0 unspecified atom stereocenters. The fraction of sp³-hybridized carbons (Fsp3) is 0.222. The van der Waals surface area contributed by atoms with E-state index >= 15 is 0 Å². The molecule has 5 nitrogen and oxygen atoms in total. The average molecular weight is 312 g/mol. The molecule has 0 aliphatic carbocycles. The number of ether oxygens (including phenoxy) is 1. The first kappa shape index (κ1) is 16.7. The van der Waals surface area contributed by atoms with Gasteiger partial charge in [0.25, 0.3) is 11.8 Å². The van der Waals surface area contributed by atoms with E-state index in [0.717, 1.165) is 12.1 Å². The number of benzene rings is 2. The van der Waals surface area contributed by atoms with Gasteiger partial charge in [-0.2, -0.15) is 0 Å². The van der Waals surface area contributed by atoms with Crippen LogP contribution in [-0.2, 0) is 4.74 Å². The number of carbonyl (C=O) groups excluding carboxylic acids is 2. The molecule has 23 heavy (non-hydrogen) atoms. The van der Waals surface area contributed by atoms with Crippen LogP contribution >= 0.6 is 0 Å². The molecular formula is C18H20N2O3. The summed E-state index contributed by atoms with van der Waals surface area (Å²) in [6.07, 6.45) is 0.764. The minimum Gasteiger partial charge on any atom is -0.385 e. The normalized spacial score (nSPS) is 10.1. The molecule has 0 saturated carbocycles. The number of para-hydroxylation sites is 1. The second-order valence-corrected chi connectivity index (χ2v) is 5.00. The number of nitrogens with one attached hydrogen (secondary N) is 2. The second kappa shape index (κ2) is 8.70. The molecule has 2 amide bonds. The zero-order chi connectivity index (χ0) is 16.5. The maximum absolute atomic E-state index is 12.1. The summed E-state index contributed by atoms with van der Waals surface area (Å²) < 4.78 is 4.92. The molecule has 2 aromatic carbocycles. The standard InChI is InChI=1S/C18H20N2O3/c1-23-13-5-12-19-17(21)14-8-10-15(11-9-14)18(22)20-16-6-3-2-4-7-16/h2-4,6-11H,5,12-13H2,1H3,(H,19,21)(H,20,22). The van der Waals surface area contributed by atoms with Crippen LogP contribution in [0.1, 0.15) is 27.1 Å². The Hall–Kier alpha value is -2.66. The van der Waals surface area contributed by atoms with Gasteiger partial charge in [0.05, 0.1) is 0 Å². The Kier molecular flexibility index (Phi) is 6.32. The largest absolute Gasteiger partial charge is 0.385 e. The van der Waals surface area contributed by atoms with Gasteiger partial charge in [-0.05, 0) is 42.8 Å². The summed E-state index contributed by atoms with van der Waals surface area (Å²) in [5.74, 6) is -0.362. The Labute approximate surface area is 135 Å². The smallest absolute Gasteiger partial charge is 0.255 e. The van der Waals surface area contributed by atoms with Crippen LogP contribution in [0.2, 0.25) is 0 Å². The maximum Gasteiger partial charge on any atom is 0.255 e. The molecule has 2 aromatic rings. The third-order valence-corrected chi connectivity index (χ3v) is 3.25. The van der Waals surface area contributed by atoms with Gasteiger partial charge in [0, 0.05) is 37.1 Å². The molecule has 0 atom stereocenters. The van der Waals surface area contributed by atoms with E-state index in [-0.39, 0.29) is 11.8 Å². The molecule has 0 fully saturated rings. The molecule has 0 aliphatic rings. The van der Waals surface area contributed by atoms with E-state index in [1.54, 1.807) is 31.4 Å². The number of hydrogen-bond acceptors (Lipinski definition) is 3. The van der Waals surface area contributed by atoms with Gasteiger partial charge in [-0.15, -0.1) is 0 Å². The van der Waals surface area contributed by atoms with Crippen LogP contribution in [0.25, 0.3) is 0 Å². The van der Waals surface area contributed by atoms with Gasteiger partial charge in [-0.3, -0.25) is 9.59 Å². The van der Waals surface area contributed by atoms with E-state index in [2.05, 4.69) is 10.6 Å². The highest BCUT2D eigenvalue weighted by Gasteiger charge is 2.08. The first-order chi connectivity index (χ1) is 11.2. The quantitative estimate of drug-likeness (QED) is 0.773. The van der Waals surface area contributed by atoms with Crippen molar-refractivity contribution in [2.45, 2.75) is 6.42 Å². The van der Waals surface area contributed by atoms with Gasteiger partial charge >= 0.3 is 0 Å². The lowest BCUT2D eigenvalue weighted by atomic mass is 10.1. The van der Waals surface area contributed by atoms with E-state index in [1.165, 1.54) is 0 Å². The van der Waals surface area contributed by atoms with Crippen molar-refractivity contribution >= 4 is 17.5 Å². The number of hydrogen-bond donors (Lipinski definition) is 2. The third kappa shape index (κ3) is 5.23. The molecule has 0 heterocycles. The van der Waals surface area contributed by atoms with Crippen LogP contribution in [-0.4, -0.2) is 32.1 Å². The number of amides is 2. The number of rotatable bonds is 7. The highest BCUT2D eigenvalue weighted by Crippen LogP contribution is 2.10. The van der Waals surface area contributed by atoms with Crippen LogP contribution in [0.5, 0.6) is 0 Å². The summed E-state index contributed by atoms with van der Waals surface area (Å²) in [5.41, 5.74) is 1.76.